The fourth-order valence-corrected chi connectivity index (χ4v) is 3.32. The standard InChI is InChI=1S/C26H26O4/c1-4-12-22-17-19(5-2)24(30-26(28)21-15-10-7-11-16-21)23(18(22)3)29-25(27)20-13-8-6-9-14-20/h6-11,13-17H,4-5,12H2,1-3H3. The second-order valence-electron chi connectivity index (χ2n) is 7.09. The van der Waals surface area contributed by atoms with Gasteiger partial charge in [-0.25, -0.2) is 9.59 Å². The first-order valence-electron chi connectivity index (χ1n) is 10.2. The maximum absolute atomic E-state index is 12.8. The van der Waals surface area contributed by atoms with Gasteiger partial charge in [-0.1, -0.05) is 62.7 Å². The van der Waals surface area contributed by atoms with E-state index in [2.05, 4.69) is 6.92 Å². The number of ether oxygens (including phenoxy) is 2. The first-order chi connectivity index (χ1) is 14.5. The SMILES string of the molecule is CCCc1cc(CC)c(OC(=O)c2ccccc2)c(OC(=O)c2ccccc2)c1C. The Morgan fingerprint density at radius 3 is 1.70 bits per heavy atom. The average Bonchev–Trinajstić information content (AvgIpc) is 2.79. The van der Waals surface area contributed by atoms with Crippen LogP contribution in [0.25, 0.3) is 0 Å². The van der Waals surface area contributed by atoms with Gasteiger partial charge in [-0.2, -0.15) is 0 Å². The summed E-state index contributed by atoms with van der Waals surface area (Å²) in [4.78, 5) is 25.5. The molecule has 0 saturated carbocycles. The quantitative estimate of drug-likeness (QED) is 0.362. The largest absolute Gasteiger partial charge is 0.419 e. The summed E-state index contributed by atoms with van der Waals surface area (Å²) in [6, 6.07) is 19.6. The monoisotopic (exact) mass is 402 g/mol. The molecular formula is C26H26O4. The zero-order valence-corrected chi connectivity index (χ0v) is 17.6. The maximum Gasteiger partial charge on any atom is 0.343 e. The molecule has 0 radical (unpaired) electrons. The second-order valence-corrected chi connectivity index (χ2v) is 7.09. The fraction of sp³-hybridized carbons (Fsp3) is 0.231. The molecule has 4 nitrogen and oxygen atoms in total. The van der Waals surface area contributed by atoms with E-state index >= 15 is 0 Å². The predicted molar refractivity (Wildman–Crippen MR) is 117 cm³/mol. The molecule has 0 aliphatic heterocycles. The molecule has 0 spiro atoms. The zero-order chi connectivity index (χ0) is 21.5. The van der Waals surface area contributed by atoms with Gasteiger partial charge in [-0.3, -0.25) is 0 Å². The average molecular weight is 402 g/mol. The number of aryl methyl sites for hydroxylation is 2. The summed E-state index contributed by atoms with van der Waals surface area (Å²) >= 11 is 0. The first kappa shape index (κ1) is 21.3. The van der Waals surface area contributed by atoms with Crippen molar-refractivity contribution in [3.8, 4) is 11.5 Å². The number of carbonyl (C=O) groups is 2. The Kier molecular flexibility index (Phi) is 7.02. The van der Waals surface area contributed by atoms with Crippen molar-refractivity contribution in [2.75, 3.05) is 0 Å². The summed E-state index contributed by atoms with van der Waals surface area (Å²) in [7, 11) is 0. The van der Waals surface area contributed by atoms with E-state index in [-0.39, 0.29) is 0 Å². The summed E-state index contributed by atoms with van der Waals surface area (Å²) < 4.78 is 11.6. The Bertz CT molecular complexity index is 1020. The van der Waals surface area contributed by atoms with Crippen LogP contribution in [0.4, 0.5) is 0 Å². The van der Waals surface area contributed by atoms with Crippen molar-refractivity contribution in [3.05, 3.63) is 94.5 Å². The lowest BCUT2D eigenvalue weighted by molar-refractivity contribution is 0.0680. The molecule has 0 bridgehead atoms. The van der Waals surface area contributed by atoms with E-state index in [0.29, 0.717) is 29.0 Å². The third-order valence-electron chi connectivity index (χ3n) is 4.98. The van der Waals surface area contributed by atoms with Gasteiger partial charge in [0.1, 0.15) is 0 Å². The lowest BCUT2D eigenvalue weighted by atomic mass is 9.97. The van der Waals surface area contributed by atoms with Crippen LogP contribution in [0, 0.1) is 6.92 Å². The van der Waals surface area contributed by atoms with E-state index < -0.39 is 11.9 Å². The van der Waals surface area contributed by atoms with Crippen molar-refractivity contribution < 1.29 is 19.1 Å². The van der Waals surface area contributed by atoms with Crippen LogP contribution in [0.3, 0.4) is 0 Å². The molecule has 0 amide bonds. The zero-order valence-electron chi connectivity index (χ0n) is 17.6. The maximum atomic E-state index is 12.8. The highest BCUT2D eigenvalue weighted by Crippen LogP contribution is 2.39. The Morgan fingerprint density at radius 2 is 1.23 bits per heavy atom. The van der Waals surface area contributed by atoms with Crippen LogP contribution in [-0.4, -0.2) is 11.9 Å². The fourth-order valence-electron chi connectivity index (χ4n) is 3.32. The van der Waals surface area contributed by atoms with Crippen LogP contribution < -0.4 is 9.47 Å². The van der Waals surface area contributed by atoms with Crippen LogP contribution in [0.5, 0.6) is 11.5 Å². The van der Waals surface area contributed by atoms with Crippen LogP contribution in [0.1, 0.15) is 57.7 Å². The van der Waals surface area contributed by atoms with Gasteiger partial charge in [0.05, 0.1) is 11.1 Å². The van der Waals surface area contributed by atoms with Crippen molar-refractivity contribution in [2.24, 2.45) is 0 Å². The van der Waals surface area contributed by atoms with Crippen LogP contribution in [0.2, 0.25) is 0 Å². The lowest BCUT2D eigenvalue weighted by Gasteiger charge is -2.19. The summed E-state index contributed by atoms with van der Waals surface area (Å²) in [5, 5.41) is 0. The number of benzene rings is 3. The van der Waals surface area contributed by atoms with Gasteiger partial charge < -0.3 is 9.47 Å². The van der Waals surface area contributed by atoms with E-state index in [1.807, 2.05) is 32.0 Å². The van der Waals surface area contributed by atoms with Gasteiger partial charge in [-0.05, 0) is 60.7 Å². The highest BCUT2D eigenvalue weighted by atomic mass is 16.6. The molecule has 0 aliphatic carbocycles. The highest BCUT2D eigenvalue weighted by Gasteiger charge is 2.23. The molecule has 3 aromatic rings. The highest BCUT2D eigenvalue weighted by molar-refractivity contribution is 5.93. The number of hydrogen-bond acceptors (Lipinski definition) is 4. The van der Waals surface area contributed by atoms with E-state index in [1.165, 1.54) is 0 Å². The number of hydrogen-bond donors (Lipinski definition) is 0. The van der Waals surface area contributed by atoms with E-state index in [0.717, 1.165) is 29.5 Å². The van der Waals surface area contributed by atoms with Crippen molar-refractivity contribution in [1.29, 1.82) is 0 Å². The number of carbonyl (C=O) groups excluding carboxylic acids is 2. The molecule has 3 aromatic carbocycles. The molecule has 154 valence electrons. The van der Waals surface area contributed by atoms with Crippen LogP contribution in [-0.2, 0) is 12.8 Å². The van der Waals surface area contributed by atoms with Gasteiger partial charge in [-0.15, -0.1) is 0 Å². The normalized spacial score (nSPS) is 10.5. The predicted octanol–water partition coefficient (Wildman–Crippen LogP) is 5.95. The third-order valence-corrected chi connectivity index (χ3v) is 4.98. The van der Waals surface area contributed by atoms with Gasteiger partial charge in [0, 0.05) is 0 Å². The van der Waals surface area contributed by atoms with Crippen LogP contribution >= 0.6 is 0 Å². The molecular weight excluding hydrogens is 376 g/mol. The van der Waals surface area contributed by atoms with E-state index in [9.17, 15) is 9.59 Å². The summed E-state index contributed by atoms with van der Waals surface area (Å²) in [5.74, 6) is -0.333. The molecule has 0 heterocycles. The van der Waals surface area contributed by atoms with Gasteiger partial charge in [0.2, 0.25) is 0 Å². The third kappa shape index (κ3) is 4.77. The second kappa shape index (κ2) is 9.88. The van der Waals surface area contributed by atoms with Gasteiger partial charge >= 0.3 is 11.9 Å². The van der Waals surface area contributed by atoms with Crippen molar-refractivity contribution in [2.45, 2.75) is 40.0 Å². The molecule has 3 rings (SSSR count). The van der Waals surface area contributed by atoms with Gasteiger partial charge in [0.15, 0.2) is 11.5 Å². The van der Waals surface area contributed by atoms with E-state index in [4.69, 9.17) is 9.47 Å². The summed E-state index contributed by atoms with van der Waals surface area (Å²) in [5.41, 5.74) is 3.62. The van der Waals surface area contributed by atoms with E-state index in [1.54, 1.807) is 48.5 Å². The van der Waals surface area contributed by atoms with Gasteiger partial charge in [0.25, 0.3) is 0 Å². The summed E-state index contributed by atoms with van der Waals surface area (Å²) in [6.07, 6.45) is 2.45. The first-order valence-corrected chi connectivity index (χ1v) is 10.2. The molecule has 0 N–H and O–H groups in total. The van der Waals surface area contributed by atoms with Crippen molar-refractivity contribution in [3.63, 3.8) is 0 Å². The molecule has 4 heteroatoms. The molecule has 30 heavy (non-hydrogen) atoms. The minimum atomic E-state index is -0.482. The Balaban J connectivity index is 2.05. The minimum Gasteiger partial charge on any atom is -0.419 e. The molecule has 0 saturated heterocycles. The minimum absolute atomic E-state index is 0.313. The Labute approximate surface area is 177 Å². The van der Waals surface area contributed by atoms with Crippen LogP contribution in [0.15, 0.2) is 66.7 Å². The Hall–Kier alpha value is -3.40. The molecule has 0 aliphatic rings. The number of rotatable bonds is 7. The molecule has 0 fully saturated rings. The Morgan fingerprint density at radius 1 is 0.733 bits per heavy atom. The molecule has 0 atom stereocenters. The molecule has 0 unspecified atom stereocenters. The smallest absolute Gasteiger partial charge is 0.343 e. The summed E-state index contributed by atoms with van der Waals surface area (Å²) in [6.45, 7) is 5.99. The van der Waals surface area contributed by atoms with Crippen molar-refractivity contribution in [1.82, 2.24) is 0 Å². The lowest BCUT2D eigenvalue weighted by Crippen LogP contribution is -2.15. The topological polar surface area (TPSA) is 52.6 Å². The molecule has 0 aromatic heterocycles. The number of esters is 2. The van der Waals surface area contributed by atoms with Crippen molar-refractivity contribution >= 4 is 11.9 Å².